The summed E-state index contributed by atoms with van der Waals surface area (Å²) in [6, 6.07) is 0.457. The lowest BCUT2D eigenvalue weighted by Gasteiger charge is -2.31. The summed E-state index contributed by atoms with van der Waals surface area (Å²) in [7, 11) is 1.68. The largest absolute Gasteiger partial charge is 0.385 e. The third-order valence-corrected chi connectivity index (χ3v) is 3.75. The van der Waals surface area contributed by atoms with Crippen molar-refractivity contribution >= 4 is 5.91 Å². The fourth-order valence-electron chi connectivity index (χ4n) is 2.39. The van der Waals surface area contributed by atoms with Crippen molar-refractivity contribution in [2.45, 2.75) is 51.6 Å². The summed E-state index contributed by atoms with van der Waals surface area (Å²) in [5.74, 6) is 0.788. The van der Waals surface area contributed by atoms with Crippen molar-refractivity contribution in [3.05, 3.63) is 0 Å². The minimum atomic E-state index is 0.148. The van der Waals surface area contributed by atoms with E-state index in [1.165, 1.54) is 0 Å². The molecule has 0 saturated heterocycles. The van der Waals surface area contributed by atoms with Crippen LogP contribution in [-0.4, -0.2) is 31.7 Å². The molecule has 0 aromatic carbocycles. The van der Waals surface area contributed by atoms with Gasteiger partial charge in [-0.25, -0.2) is 0 Å². The van der Waals surface area contributed by atoms with Crippen LogP contribution in [0, 0.1) is 11.8 Å². The molecule has 17 heavy (non-hydrogen) atoms. The van der Waals surface area contributed by atoms with Crippen molar-refractivity contribution in [1.82, 2.24) is 5.32 Å². The molecule has 0 bridgehead atoms. The van der Waals surface area contributed by atoms with E-state index in [0.717, 1.165) is 25.7 Å². The Bertz CT molecular complexity index is 246. The number of hydrogen-bond donors (Lipinski definition) is 2. The summed E-state index contributed by atoms with van der Waals surface area (Å²) < 4.78 is 5.00. The Morgan fingerprint density at radius 1 is 1.53 bits per heavy atom. The molecule has 0 radical (unpaired) electrons. The van der Waals surface area contributed by atoms with Gasteiger partial charge >= 0.3 is 0 Å². The van der Waals surface area contributed by atoms with E-state index in [2.05, 4.69) is 12.2 Å². The van der Waals surface area contributed by atoms with Crippen LogP contribution < -0.4 is 11.1 Å². The minimum absolute atomic E-state index is 0.148. The van der Waals surface area contributed by atoms with Crippen LogP contribution in [0.25, 0.3) is 0 Å². The number of carbonyl (C=O) groups is 1. The first-order chi connectivity index (χ1) is 8.04. The molecule has 4 nitrogen and oxygen atoms in total. The summed E-state index contributed by atoms with van der Waals surface area (Å²) in [5.41, 5.74) is 5.96. The highest BCUT2D eigenvalue weighted by molar-refractivity contribution is 5.79. The molecule has 4 unspecified atom stereocenters. The van der Waals surface area contributed by atoms with Crippen LogP contribution in [0.5, 0.6) is 0 Å². The second-order valence-electron chi connectivity index (χ2n) is 5.34. The van der Waals surface area contributed by atoms with Gasteiger partial charge < -0.3 is 15.8 Å². The summed E-state index contributed by atoms with van der Waals surface area (Å²) in [6.07, 6.45) is 3.67. The van der Waals surface area contributed by atoms with E-state index in [1.54, 1.807) is 7.11 Å². The van der Waals surface area contributed by atoms with Gasteiger partial charge in [-0.15, -0.1) is 0 Å². The molecular weight excluding hydrogens is 216 g/mol. The third kappa shape index (κ3) is 4.64. The Morgan fingerprint density at radius 3 is 2.82 bits per heavy atom. The quantitative estimate of drug-likeness (QED) is 0.763. The topological polar surface area (TPSA) is 64.3 Å². The zero-order chi connectivity index (χ0) is 12.8. The molecule has 0 aromatic rings. The molecule has 3 N–H and O–H groups in total. The zero-order valence-corrected chi connectivity index (χ0v) is 11.2. The van der Waals surface area contributed by atoms with Gasteiger partial charge in [-0.2, -0.15) is 0 Å². The second kappa shape index (κ2) is 6.97. The van der Waals surface area contributed by atoms with Crippen LogP contribution >= 0.6 is 0 Å². The average Bonchev–Trinajstić information content (AvgIpc) is 2.30. The first kappa shape index (κ1) is 14.5. The number of nitrogens with one attached hydrogen (secondary N) is 1. The molecule has 1 aliphatic carbocycles. The maximum Gasteiger partial charge on any atom is 0.223 e. The average molecular weight is 242 g/mol. The van der Waals surface area contributed by atoms with Crippen LogP contribution in [0.1, 0.15) is 39.5 Å². The fourth-order valence-corrected chi connectivity index (χ4v) is 2.39. The molecule has 100 valence electrons. The van der Waals surface area contributed by atoms with Gasteiger partial charge in [0, 0.05) is 31.7 Å². The fraction of sp³-hybridized carbons (Fsp3) is 0.923. The van der Waals surface area contributed by atoms with Crippen molar-refractivity contribution in [2.24, 2.45) is 17.6 Å². The van der Waals surface area contributed by atoms with Crippen LogP contribution in [0.4, 0.5) is 0 Å². The van der Waals surface area contributed by atoms with E-state index >= 15 is 0 Å². The Morgan fingerprint density at radius 2 is 2.24 bits per heavy atom. The normalized spacial score (nSPS) is 30.9. The van der Waals surface area contributed by atoms with E-state index in [0.29, 0.717) is 12.5 Å². The molecule has 1 rings (SSSR count). The number of amides is 1. The number of methoxy groups -OCH3 is 1. The molecule has 1 amide bonds. The lowest BCUT2D eigenvalue weighted by molar-refractivity contribution is -0.127. The minimum Gasteiger partial charge on any atom is -0.385 e. The molecule has 1 fully saturated rings. The molecule has 4 atom stereocenters. The lowest BCUT2D eigenvalue weighted by Crippen LogP contribution is -2.43. The van der Waals surface area contributed by atoms with E-state index in [-0.39, 0.29) is 23.9 Å². The number of ether oxygens (including phenoxy) is 1. The number of nitrogens with two attached hydrogens (primary N) is 1. The highest BCUT2D eigenvalue weighted by Gasteiger charge is 2.29. The van der Waals surface area contributed by atoms with E-state index in [9.17, 15) is 4.79 Å². The van der Waals surface area contributed by atoms with Gasteiger partial charge in [0.15, 0.2) is 0 Å². The van der Waals surface area contributed by atoms with Crippen molar-refractivity contribution in [1.29, 1.82) is 0 Å². The summed E-state index contributed by atoms with van der Waals surface area (Å²) >= 11 is 0. The second-order valence-corrected chi connectivity index (χ2v) is 5.34. The van der Waals surface area contributed by atoms with Gasteiger partial charge in [-0.05, 0) is 38.5 Å². The van der Waals surface area contributed by atoms with Gasteiger partial charge in [0.25, 0.3) is 0 Å². The summed E-state index contributed by atoms with van der Waals surface area (Å²) in [4.78, 5) is 12.0. The smallest absolute Gasteiger partial charge is 0.223 e. The van der Waals surface area contributed by atoms with Crippen LogP contribution in [-0.2, 0) is 9.53 Å². The molecular formula is C13H26N2O2. The Kier molecular flexibility index (Phi) is 5.92. The first-order valence-electron chi connectivity index (χ1n) is 6.59. The Hall–Kier alpha value is -0.610. The van der Waals surface area contributed by atoms with Crippen molar-refractivity contribution in [2.75, 3.05) is 13.7 Å². The van der Waals surface area contributed by atoms with Crippen molar-refractivity contribution in [3.63, 3.8) is 0 Å². The number of carbonyl (C=O) groups excluding carboxylic acids is 1. The van der Waals surface area contributed by atoms with E-state index < -0.39 is 0 Å². The Labute approximate surface area is 104 Å². The van der Waals surface area contributed by atoms with E-state index in [1.807, 2.05) is 6.92 Å². The van der Waals surface area contributed by atoms with Gasteiger partial charge in [0.1, 0.15) is 0 Å². The highest BCUT2D eigenvalue weighted by atomic mass is 16.5. The van der Waals surface area contributed by atoms with Crippen molar-refractivity contribution < 1.29 is 9.53 Å². The molecule has 0 heterocycles. The third-order valence-electron chi connectivity index (χ3n) is 3.75. The molecule has 0 aliphatic heterocycles. The summed E-state index contributed by atoms with van der Waals surface area (Å²) in [5, 5.41) is 3.06. The predicted molar refractivity (Wildman–Crippen MR) is 68.6 cm³/mol. The molecule has 4 heteroatoms. The van der Waals surface area contributed by atoms with Crippen molar-refractivity contribution in [3.8, 4) is 0 Å². The van der Waals surface area contributed by atoms with Gasteiger partial charge in [0.2, 0.25) is 5.91 Å². The summed E-state index contributed by atoms with van der Waals surface area (Å²) in [6.45, 7) is 4.85. The van der Waals surface area contributed by atoms with Crippen LogP contribution in [0.15, 0.2) is 0 Å². The monoisotopic (exact) mass is 242 g/mol. The molecule has 0 spiro atoms. The van der Waals surface area contributed by atoms with Gasteiger partial charge in [-0.3, -0.25) is 4.79 Å². The first-order valence-corrected chi connectivity index (χ1v) is 6.59. The number of rotatable bonds is 5. The van der Waals surface area contributed by atoms with Gasteiger partial charge in [-0.1, -0.05) is 6.92 Å². The van der Waals surface area contributed by atoms with E-state index in [4.69, 9.17) is 10.5 Å². The predicted octanol–water partition coefficient (Wildman–Crippen LogP) is 1.29. The maximum atomic E-state index is 12.0. The SMILES string of the molecule is COCCC(C)NC(=O)C1CCC(N)C(C)C1. The maximum absolute atomic E-state index is 12.0. The Balaban J connectivity index is 2.32. The molecule has 1 aliphatic rings. The standard InChI is InChI=1S/C13H26N2O2/c1-9-8-11(4-5-12(9)14)13(16)15-10(2)6-7-17-3/h9-12H,4-8,14H2,1-3H3,(H,15,16). The molecule has 0 aromatic heterocycles. The number of hydrogen-bond acceptors (Lipinski definition) is 3. The van der Waals surface area contributed by atoms with Crippen LogP contribution in [0.3, 0.4) is 0 Å². The van der Waals surface area contributed by atoms with Gasteiger partial charge in [0.05, 0.1) is 0 Å². The highest BCUT2D eigenvalue weighted by Crippen LogP contribution is 2.28. The van der Waals surface area contributed by atoms with Crippen LogP contribution in [0.2, 0.25) is 0 Å². The lowest BCUT2D eigenvalue weighted by atomic mass is 9.79. The molecule has 1 saturated carbocycles. The zero-order valence-electron chi connectivity index (χ0n) is 11.2.